The molecule has 0 spiro atoms. The zero-order chi connectivity index (χ0) is 50.7. The topological polar surface area (TPSA) is 149 Å². The fraction of sp³-hybridized carbons (Fsp3) is 0.519. The zero-order valence-corrected chi connectivity index (χ0v) is 42.7. The van der Waals surface area contributed by atoms with Crippen LogP contribution in [0.2, 0.25) is 0 Å². The quantitative estimate of drug-likeness (QED) is 0.0599. The van der Waals surface area contributed by atoms with Crippen LogP contribution in [0.1, 0.15) is 122 Å². The number of benzene rings is 3. The van der Waals surface area contributed by atoms with Gasteiger partial charge < -0.3 is 35.1 Å². The van der Waals surface area contributed by atoms with E-state index in [1.807, 2.05) is 88.0 Å². The van der Waals surface area contributed by atoms with Gasteiger partial charge in [-0.2, -0.15) is 0 Å². The number of aromatic nitrogens is 2. The molecule has 2 aliphatic rings. The Bertz CT molecular complexity index is 2620. The molecule has 1 fully saturated rings. The Kier molecular flexibility index (Phi) is 16.2. The predicted molar refractivity (Wildman–Crippen MR) is 267 cm³/mol. The first-order chi connectivity index (χ1) is 33.0. The van der Waals surface area contributed by atoms with Crippen molar-refractivity contribution < 1.29 is 42.1 Å². The number of fused-ring (bicyclic) bond motifs is 3. The third-order valence-electron chi connectivity index (χ3n) is 13.4. The SMILES string of the molecule is Cc1ncsc1-c1ccc(CNC(=O)[C@@H]2C[C@@H](O)CN2C(=O)[C@@H](NC(=O)C(C)(C)OCCCCCCOc2cc(F)c([C@@H]3c4[nH]c5ccccc5c4C[C@@H](C)N3CC(C)(C)F)c(F)c2)C(C)(C)C)cc1. The summed E-state index contributed by atoms with van der Waals surface area (Å²) in [4.78, 5) is 53.5. The minimum atomic E-state index is -1.60. The highest BCUT2D eigenvalue weighted by atomic mass is 32.1. The largest absolute Gasteiger partial charge is 0.493 e. The number of aliphatic hydroxyl groups is 1. The lowest BCUT2D eigenvalue weighted by molar-refractivity contribution is -0.150. The van der Waals surface area contributed by atoms with Crippen molar-refractivity contribution in [2.24, 2.45) is 5.41 Å². The molecule has 0 bridgehead atoms. The van der Waals surface area contributed by atoms with E-state index in [1.165, 1.54) is 30.9 Å². The molecule has 0 radical (unpaired) electrons. The number of likely N-dealkylation sites (tertiary alicyclic amines) is 1. The highest BCUT2D eigenvalue weighted by molar-refractivity contribution is 7.13. The molecule has 2 aliphatic heterocycles. The van der Waals surface area contributed by atoms with Crippen molar-refractivity contribution in [1.29, 1.82) is 0 Å². The number of amides is 3. The maximum Gasteiger partial charge on any atom is 0.252 e. The minimum absolute atomic E-state index is 0.0131. The summed E-state index contributed by atoms with van der Waals surface area (Å²) < 4.78 is 59.3. The fourth-order valence-electron chi connectivity index (χ4n) is 9.63. The van der Waals surface area contributed by atoms with Crippen molar-refractivity contribution in [3.8, 4) is 16.2 Å². The molecule has 0 unspecified atom stereocenters. The Balaban J connectivity index is 0.875. The van der Waals surface area contributed by atoms with Crippen LogP contribution in [0.3, 0.4) is 0 Å². The second-order valence-corrected chi connectivity index (χ2v) is 22.0. The molecule has 1 saturated heterocycles. The number of β-amino-alcohol motifs (C(OH)–C–C–N with tert-alkyl or cyclic N) is 1. The molecule has 4 heterocycles. The number of nitrogens with one attached hydrogen (secondary N) is 3. The van der Waals surface area contributed by atoms with Crippen molar-refractivity contribution in [3.05, 3.63) is 106 Å². The lowest BCUT2D eigenvalue weighted by Gasteiger charge is -2.43. The number of thiazole rings is 1. The smallest absolute Gasteiger partial charge is 0.252 e. The number of halogens is 3. The average molecular weight is 987 g/mol. The number of aryl methyl sites for hydroxylation is 1. The molecule has 0 saturated carbocycles. The molecule has 2 aromatic heterocycles. The number of carbonyl (C=O) groups excluding carboxylic acids is 3. The summed E-state index contributed by atoms with van der Waals surface area (Å²) in [6.07, 6.45) is 2.47. The van der Waals surface area contributed by atoms with Gasteiger partial charge in [-0.05, 0) is 95.4 Å². The van der Waals surface area contributed by atoms with E-state index >= 15 is 13.2 Å². The number of hydrogen-bond acceptors (Lipinski definition) is 9. The van der Waals surface area contributed by atoms with E-state index in [1.54, 1.807) is 30.7 Å². The normalized spacial score (nSPS) is 19.3. The van der Waals surface area contributed by atoms with Crippen molar-refractivity contribution in [2.45, 2.75) is 149 Å². The Hall–Kier alpha value is -5.29. The van der Waals surface area contributed by atoms with E-state index in [2.05, 4.69) is 20.6 Å². The van der Waals surface area contributed by atoms with Gasteiger partial charge in [0.15, 0.2) is 0 Å². The Labute approximate surface area is 413 Å². The molecule has 70 heavy (non-hydrogen) atoms. The van der Waals surface area contributed by atoms with E-state index < -0.39 is 64.4 Å². The number of alkyl halides is 1. The van der Waals surface area contributed by atoms with E-state index in [9.17, 15) is 19.5 Å². The first-order valence-electron chi connectivity index (χ1n) is 24.4. The summed E-state index contributed by atoms with van der Waals surface area (Å²) in [6, 6.07) is 15.0. The van der Waals surface area contributed by atoms with Crippen LogP contribution >= 0.6 is 11.3 Å². The van der Waals surface area contributed by atoms with Gasteiger partial charge in [-0.25, -0.2) is 18.2 Å². The number of rotatable bonds is 19. The van der Waals surface area contributed by atoms with Gasteiger partial charge in [0.1, 0.15) is 40.7 Å². The van der Waals surface area contributed by atoms with Crippen LogP contribution in [-0.2, 0) is 32.1 Å². The van der Waals surface area contributed by atoms with Crippen LogP contribution < -0.4 is 15.4 Å². The van der Waals surface area contributed by atoms with Crippen molar-refractivity contribution in [1.82, 2.24) is 30.4 Å². The van der Waals surface area contributed by atoms with Gasteiger partial charge in [-0.15, -0.1) is 11.3 Å². The molecule has 0 aliphatic carbocycles. The molecule has 3 aromatic carbocycles. The third kappa shape index (κ3) is 12.2. The first-order valence-corrected chi connectivity index (χ1v) is 25.3. The predicted octanol–water partition coefficient (Wildman–Crippen LogP) is 9.51. The molecule has 378 valence electrons. The third-order valence-corrected chi connectivity index (χ3v) is 14.4. The van der Waals surface area contributed by atoms with Gasteiger partial charge in [0.05, 0.1) is 34.8 Å². The summed E-state index contributed by atoms with van der Waals surface area (Å²) >= 11 is 1.56. The number of aromatic amines is 1. The molecule has 5 atom stereocenters. The van der Waals surface area contributed by atoms with Crippen LogP contribution in [0.25, 0.3) is 21.3 Å². The van der Waals surface area contributed by atoms with Gasteiger partial charge in [-0.1, -0.05) is 69.7 Å². The Morgan fingerprint density at radius 1 is 0.957 bits per heavy atom. The molecular weight excluding hydrogens is 918 g/mol. The number of H-pyrrole nitrogens is 1. The second kappa shape index (κ2) is 21.6. The second-order valence-electron chi connectivity index (χ2n) is 21.2. The van der Waals surface area contributed by atoms with Gasteiger partial charge in [0, 0.05) is 73.0 Å². The zero-order valence-electron chi connectivity index (χ0n) is 41.9. The highest BCUT2D eigenvalue weighted by Gasteiger charge is 2.46. The number of para-hydroxylation sites is 1. The highest BCUT2D eigenvalue weighted by Crippen LogP contribution is 2.44. The van der Waals surface area contributed by atoms with Gasteiger partial charge in [0.2, 0.25) is 11.8 Å². The number of aliphatic hydroxyl groups excluding tert-OH is 1. The van der Waals surface area contributed by atoms with E-state index in [0.717, 1.165) is 51.0 Å². The van der Waals surface area contributed by atoms with Crippen LogP contribution in [0, 0.1) is 24.0 Å². The van der Waals surface area contributed by atoms with Gasteiger partial charge >= 0.3 is 0 Å². The first kappa shape index (κ1) is 52.5. The van der Waals surface area contributed by atoms with E-state index in [0.29, 0.717) is 25.0 Å². The van der Waals surface area contributed by atoms with Crippen LogP contribution in [-0.4, -0.2) is 104 Å². The van der Waals surface area contributed by atoms with Crippen molar-refractivity contribution in [3.63, 3.8) is 0 Å². The molecule has 7 rings (SSSR count). The standard InChI is InChI=1S/C54H69F3N6O6S/c1-32-24-39-38-16-12-13-17-42(38)60-45(39)46(63(32)30-53(6,7)57)44-40(55)26-37(27-41(44)56)68-22-14-10-11-15-23-69-54(8,9)51(67)61-48(52(3,4)5)50(66)62-29-36(64)25-43(62)49(65)58-28-34-18-20-35(21-19-34)47-33(2)59-31-70-47/h12-13,16-21,26-27,31-32,36,43,46,48,60,64H,10-11,14-15,22-25,28-30H2,1-9H3,(H,58,65)(H,61,67)/t32-,36-,43+,46-,48-/m1/s1. The molecular formula is C54H69F3N6O6S. The van der Waals surface area contributed by atoms with E-state index in [-0.39, 0.29) is 62.5 Å². The number of unbranched alkanes of at least 4 members (excludes halogenated alkanes) is 3. The maximum atomic E-state index is 16.1. The fourth-order valence-corrected chi connectivity index (χ4v) is 10.4. The number of hydrogen-bond donors (Lipinski definition) is 4. The van der Waals surface area contributed by atoms with Crippen LogP contribution in [0.5, 0.6) is 5.75 Å². The number of ether oxygens (including phenoxy) is 2. The van der Waals surface area contributed by atoms with Crippen LogP contribution in [0.4, 0.5) is 13.2 Å². The Morgan fingerprint density at radius 2 is 1.63 bits per heavy atom. The summed E-state index contributed by atoms with van der Waals surface area (Å²) in [5.74, 6) is -2.80. The maximum absolute atomic E-state index is 16.1. The molecule has 5 aromatic rings. The number of nitrogens with zero attached hydrogens (tertiary/aromatic N) is 3. The molecule has 3 amide bonds. The van der Waals surface area contributed by atoms with Crippen molar-refractivity contribution in [2.75, 3.05) is 26.3 Å². The average Bonchev–Trinajstić information content (AvgIpc) is 4.01. The van der Waals surface area contributed by atoms with Crippen LogP contribution in [0.15, 0.2) is 66.2 Å². The summed E-state index contributed by atoms with van der Waals surface area (Å²) in [7, 11) is 0. The Morgan fingerprint density at radius 3 is 2.27 bits per heavy atom. The van der Waals surface area contributed by atoms with Crippen molar-refractivity contribution >= 4 is 40.0 Å². The van der Waals surface area contributed by atoms with Gasteiger partial charge in [-0.3, -0.25) is 19.3 Å². The lowest BCUT2D eigenvalue weighted by Crippen LogP contribution is -2.60. The van der Waals surface area contributed by atoms with E-state index in [4.69, 9.17) is 9.47 Å². The monoisotopic (exact) mass is 986 g/mol. The minimum Gasteiger partial charge on any atom is -0.493 e. The molecule has 12 nitrogen and oxygen atoms in total. The number of carbonyl (C=O) groups is 3. The van der Waals surface area contributed by atoms with Gasteiger partial charge in [0.25, 0.3) is 5.91 Å². The lowest BCUT2D eigenvalue weighted by atomic mass is 9.85. The summed E-state index contributed by atoms with van der Waals surface area (Å²) in [5, 5.41) is 17.5. The molecule has 4 N–H and O–H groups in total. The molecule has 16 heteroatoms. The summed E-state index contributed by atoms with van der Waals surface area (Å²) in [5.41, 5.74) is 3.39. The summed E-state index contributed by atoms with van der Waals surface area (Å²) in [6.45, 7) is 16.3.